The van der Waals surface area contributed by atoms with E-state index in [1.54, 1.807) is 4.90 Å². The van der Waals surface area contributed by atoms with Gasteiger partial charge in [0.25, 0.3) is 0 Å². The molecule has 0 saturated heterocycles. The third-order valence-corrected chi connectivity index (χ3v) is 5.47. The largest absolute Gasteiger partial charge is 0.447 e. The molecule has 2 aliphatic rings. The maximum atomic E-state index is 12.3. The summed E-state index contributed by atoms with van der Waals surface area (Å²) >= 11 is 0. The van der Waals surface area contributed by atoms with E-state index >= 15 is 0 Å². The Morgan fingerprint density at radius 1 is 0.926 bits per heavy atom. The quantitative estimate of drug-likeness (QED) is 0.904. The maximum absolute atomic E-state index is 12.3. The normalized spacial score (nSPS) is 17.7. The van der Waals surface area contributed by atoms with Crippen molar-refractivity contribution in [3.05, 3.63) is 70.8 Å². The van der Waals surface area contributed by atoms with Gasteiger partial charge in [0.1, 0.15) is 12.7 Å². The van der Waals surface area contributed by atoms with Crippen molar-refractivity contribution in [2.75, 3.05) is 26.2 Å². The average molecular weight is 366 g/mol. The van der Waals surface area contributed by atoms with Crippen LogP contribution in [0.15, 0.2) is 48.5 Å². The molecule has 0 spiro atoms. The molecule has 0 saturated carbocycles. The fraction of sp³-hybridized carbons (Fsp3) is 0.409. The van der Waals surface area contributed by atoms with Crippen LogP contribution in [0, 0.1) is 0 Å². The van der Waals surface area contributed by atoms with Gasteiger partial charge in [-0.25, -0.2) is 4.79 Å². The lowest BCUT2D eigenvalue weighted by Gasteiger charge is -2.31. The zero-order chi connectivity index (χ0) is 18.6. The summed E-state index contributed by atoms with van der Waals surface area (Å²) in [6, 6.07) is 16.6. The third-order valence-electron chi connectivity index (χ3n) is 5.47. The number of aliphatic hydroxyl groups is 1. The minimum atomic E-state index is -0.670. The van der Waals surface area contributed by atoms with Gasteiger partial charge in [-0.3, -0.25) is 4.90 Å². The smallest absolute Gasteiger partial charge is 0.410 e. The molecule has 1 atom stereocenters. The Morgan fingerprint density at radius 3 is 2.22 bits per heavy atom. The Bertz CT molecular complexity index is 808. The average Bonchev–Trinajstić information content (AvgIpc) is 2.71. The standard InChI is InChI=1S/C22H26N2O3/c25-21(15-23-11-9-17-5-1-3-7-19(17)13-23)16-27-22(26)24-12-10-18-6-2-4-8-20(18)14-24/h1-8,21,25H,9-16H2. The number of amides is 1. The molecule has 27 heavy (non-hydrogen) atoms. The van der Waals surface area contributed by atoms with Crippen LogP contribution in [0.4, 0.5) is 4.79 Å². The number of carbonyl (C=O) groups excluding carboxylic acids is 1. The first kappa shape index (κ1) is 18.0. The highest BCUT2D eigenvalue weighted by molar-refractivity contribution is 5.68. The molecule has 2 heterocycles. The summed E-state index contributed by atoms with van der Waals surface area (Å²) in [5.74, 6) is 0. The van der Waals surface area contributed by atoms with Crippen LogP contribution in [-0.4, -0.2) is 53.3 Å². The summed E-state index contributed by atoms with van der Waals surface area (Å²) in [6.45, 7) is 3.55. The van der Waals surface area contributed by atoms with E-state index in [1.165, 1.54) is 22.3 Å². The Balaban J connectivity index is 1.24. The lowest BCUT2D eigenvalue weighted by atomic mass is 10.00. The van der Waals surface area contributed by atoms with Crippen LogP contribution in [0.2, 0.25) is 0 Å². The topological polar surface area (TPSA) is 53.0 Å². The van der Waals surface area contributed by atoms with Crippen LogP contribution in [0.25, 0.3) is 0 Å². The van der Waals surface area contributed by atoms with Crippen molar-refractivity contribution in [1.29, 1.82) is 0 Å². The first-order valence-corrected chi connectivity index (χ1v) is 9.65. The van der Waals surface area contributed by atoms with E-state index < -0.39 is 6.10 Å². The second-order valence-electron chi connectivity index (χ2n) is 7.42. The van der Waals surface area contributed by atoms with Gasteiger partial charge in [-0.15, -0.1) is 0 Å². The van der Waals surface area contributed by atoms with Crippen molar-refractivity contribution in [3.8, 4) is 0 Å². The Morgan fingerprint density at radius 2 is 1.52 bits per heavy atom. The predicted octanol–water partition coefficient (Wildman–Crippen LogP) is 2.60. The van der Waals surface area contributed by atoms with Gasteiger partial charge in [-0.05, 0) is 35.1 Å². The summed E-state index contributed by atoms with van der Waals surface area (Å²) in [7, 11) is 0. The van der Waals surface area contributed by atoms with E-state index in [1.807, 2.05) is 12.1 Å². The molecule has 2 aromatic rings. The van der Waals surface area contributed by atoms with Crippen LogP contribution >= 0.6 is 0 Å². The molecule has 1 N–H and O–H groups in total. The molecule has 0 aromatic heterocycles. The Kier molecular flexibility index (Phi) is 5.41. The number of rotatable bonds is 4. The van der Waals surface area contributed by atoms with Crippen molar-refractivity contribution in [1.82, 2.24) is 9.80 Å². The first-order valence-electron chi connectivity index (χ1n) is 9.65. The van der Waals surface area contributed by atoms with Crippen molar-refractivity contribution in [2.45, 2.75) is 32.0 Å². The van der Waals surface area contributed by atoms with Gasteiger partial charge in [0.05, 0.1) is 0 Å². The van der Waals surface area contributed by atoms with Gasteiger partial charge in [-0.1, -0.05) is 48.5 Å². The number of ether oxygens (including phenoxy) is 1. The zero-order valence-corrected chi connectivity index (χ0v) is 15.5. The molecule has 2 aromatic carbocycles. The highest BCUT2D eigenvalue weighted by Crippen LogP contribution is 2.20. The lowest BCUT2D eigenvalue weighted by molar-refractivity contribution is 0.0257. The van der Waals surface area contributed by atoms with Crippen molar-refractivity contribution in [2.24, 2.45) is 0 Å². The first-order chi connectivity index (χ1) is 13.2. The van der Waals surface area contributed by atoms with E-state index in [2.05, 4.69) is 41.3 Å². The molecule has 2 aliphatic heterocycles. The predicted molar refractivity (Wildman–Crippen MR) is 103 cm³/mol. The van der Waals surface area contributed by atoms with E-state index in [9.17, 15) is 9.90 Å². The maximum Gasteiger partial charge on any atom is 0.410 e. The molecular formula is C22H26N2O3. The molecule has 0 fully saturated rings. The van der Waals surface area contributed by atoms with E-state index in [-0.39, 0.29) is 12.7 Å². The number of nitrogens with zero attached hydrogens (tertiary/aromatic N) is 2. The third kappa shape index (κ3) is 4.31. The van der Waals surface area contributed by atoms with Gasteiger partial charge >= 0.3 is 6.09 Å². The van der Waals surface area contributed by atoms with Gasteiger partial charge in [0.15, 0.2) is 0 Å². The molecular weight excluding hydrogens is 340 g/mol. The van der Waals surface area contributed by atoms with Gasteiger partial charge in [-0.2, -0.15) is 0 Å². The number of aliphatic hydroxyl groups excluding tert-OH is 1. The molecule has 0 aliphatic carbocycles. The summed E-state index contributed by atoms with van der Waals surface area (Å²) in [5.41, 5.74) is 5.18. The molecule has 0 bridgehead atoms. The monoisotopic (exact) mass is 366 g/mol. The van der Waals surface area contributed by atoms with E-state index in [0.717, 1.165) is 25.9 Å². The summed E-state index contributed by atoms with van der Waals surface area (Å²) < 4.78 is 5.38. The summed E-state index contributed by atoms with van der Waals surface area (Å²) in [6.07, 6.45) is 0.834. The van der Waals surface area contributed by atoms with Crippen LogP contribution in [0.1, 0.15) is 22.3 Å². The number of fused-ring (bicyclic) bond motifs is 2. The molecule has 142 valence electrons. The lowest BCUT2D eigenvalue weighted by Crippen LogP contribution is -2.41. The second kappa shape index (κ2) is 8.11. The van der Waals surface area contributed by atoms with Crippen molar-refractivity contribution in [3.63, 3.8) is 0 Å². The van der Waals surface area contributed by atoms with Gasteiger partial charge < -0.3 is 14.7 Å². The molecule has 5 nitrogen and oxygen atoms in total. The van der Waals surface area contributed by atoms with E-state index in [0.29, 0.717) is 19.6 Å². The number of hydrogen-bond acceptors (Lipinski definition) is 4. The molecule has 4 rings (SSSR count). The summed E-state index contributed by atoms with van der Waals surface area (Å²) in [5, 5.41) is 10.3. The number of β-amino-alcohol motifs (C(OH)–C–C–N with tert-alkyl or cyclic N) is 1. The fourth-order valence-corrected chi connectivity index (χ4v) is 3.97. The van der Waals surface area contributed by atoms with Crippen LogP contribution in [-0.2, 0) is 30.7 Å². The Labute approximate surface area is 160 Å². The van der Waals surface area contributed by atoms with Gasteiger partial charge in [0, 0.05) is 32.7 Å². The molecule has 1 unspecified atom stereocenters. The minimum absolute atomic E-state index is 0.0368. The van der Waals surface area contributed by atoms with E-state index in [4.69, 9.17) is 4.74 Å². The Hall–Kier alpha value is -2.37. The number of benzene rings is 2. The molecule has 1 amide bonds. The highest BCUT2D eigenvalue weighted by Gasteiger charge is 2.23. The zero-order valence-electron chi connectivity index (χ0n) is 15.5. The molecule has 5 heteroatoms. The fourth-order valence-electron chi connectivity index (χ4n) is 3.97. The SMILES string of the molecule is O=C(OCC(O)CN1CCc2ccccc2C1)N1CCc2ccccc2C1. The van der Waals surface area contributed by atoms with Crippen LogP contribution in [0.5, 0.6) is 0 Å². The number of carbonyl (C=O) groups is 1. The van der Waals surface area contributed by atoms with Crippen LogP contribution < -0.4 is 0 Å². The second-order valence-corrected chi connectivity index (χ2v) is 7.42. The van der Waals surface area contributed by atoms with Gasteiger partial charge in [0.2, 0.25) is 0 Å². The number of hydrogen-bond donors (Lipinski definition) is 1. The van der Waals surface area contributed by atoms with Crippen LogP contribution in [0.3, 0.4) is 0 Å². The summed E-state index contributed by atoms with van der Waals surface area (Å²) in [4.78, 5) is 16.3. The molecule has 0 radical (unpaired) electrons. The van der Waals surface area contributed by atoms with Crippen molar-refractivity contribution >= 4 is 6.09 Å². The van der Waals surface area contributed by atoms with Crippen molar-refractivity contribution < 1.29 is 14.6 Å². The highest BCUT2D eigenvalue weighted by atomic mass is 16.6. The minimum Gasteiger partial charge on any atom is -0.447 e.